The van der Waals surface area contributed by atoms with Crippen LogP contribution in [0.5, 0.6) is 0 Å². The van der Waals surface area contributed by atoms with Gasteiger partial charge >= 0.3 is 0 Å². The van der Waals surface area contributed by atoms with Crippen molar-refractivity contribution in [3.05, 3.63) is 71.3 Å². The summed E-state index contributed by atoms with van der Waals surface area (Å²) < 4.78 is 12.9. The van der Waals surface area contributed by atoms with Crippen LogP contribution in [0.15, 0.2) is 59.4 Å². The Hall–Kier alpha value is -3.02. The van der Waals surface area contributed by atoms with Crippen molar-refractivity contribution in [2.45, 2.75) is 13.3 Å². The maximum atomic E-state index is 12.9. The zero-order valence-corrected chi connectivity index (χ0v) is 13.4. The monoisotopic (exact) mass is 326 g/mol. The standard InChI is InChI=1S/C18H19FN4O/c1-2-21-10-9-16(20)18(24)23-17-8-5-14(12-22-17)11-13-3-6-15(19)7-4-13/h3-10,12H,2,11,20H2,1H3,(H,22,23,24). The Balaban J connectivity index is 1.96. The Morgan fingerprint density at radius 1 is 1.25 bits per heavy atom. The number of halogens is 1. The molecular weight excluding hydrogens is 307 g/mol. The minimum absolute atomic E-state index is 0.0596. The number of nitrogens with one attached hydrogen (secondary N) is 1. The summed E-state index contributed by atoms with van der Waals surface area (Å²) in [7, 11) is 0. The molecule has 0 aliphatic rings. The van der Waals surface area contributed by atoms with Gasteiger partial charge in [0.2, 0.25) is 0 Å². The molecule has 0 fully saturated rings. The molecule has 0 aliphatic carbocycles. The molecule has 0 atom stereocenters. The van der Waals surface area contributed by atoms with Crippen LogP contribution in [0.1, 0.15) is 18.1 Å². The van der Waals surface area contributed by atoms with Crippen molar-refractivity contribution in [3.63, 3.8) is 0 Å². The highest BCUT2D eigenvalue weighted by Gasteiger charge is 2.06. The third kappa shape index (κ3) is 5.31. The zero-order valence-electron chi connectivity index (χ0n) is 13.4. The summed E-state index contributed by atoms with van der Waals surface area (Å²) in [6.07, 6.45) is 5.24. The molecule has 24 heavy (non-hydrogen) atoms. The molecule has 0 spiro atoms. The van der Waals surface area contributed by atoms with Crippen LogP contribution < -0.4 is 11.1 Å². The normalized spacial score (nSPS) is 11.7. The summed E-state index contributed by atoms with van der Waals surface area (Å²) in [5.41, 5.74) is 7.65. The van der Waals surface area contributed by atoms with E-state index in [9.17, 15) is 9.18 Å². The SMILES string of the molecule is CCN=CC=C(N)C(=O)Nc1ccc(Cc2ccc(F)cc2)cn1. The first-order valence-electron chi connectivity index (χ1n) is 7.54. The highest BCUT2D eigenvalue weighted by molar-refractivity contribution is 6.04. The lowest BCUT2D eigenvalue weighted by Gasteiger charge is -2.06. The van der Waals surface area contributed by atoms with Crippen LogP contribution in [-0.2, 0) is 11.2 Å². The zero-order chi connectivity index (χ0) is 17.4. The molecule has 0 unspecified atom stereocenters. The number of rotatable bonds is 6. The number of hydrogen-bond donors (Lipinski definition) is 2. The number of aliphatic imine (C=N–C) groups is 1. The summed E-state index contributed by atoms with van der Waals surface area (Å²) >= 11 is 0. The first kappa shape index (κ1) is 17.3. The molecule has 0 bridgehead atoms. The number of anilines is 1. The highest BCUT2D eigenvalue weighted by Crippen LogP contribution is 2.12. The van der Waals surface area contributed by atoms with Gasteiger partial charge in [-0.1, -0.05) is 18.2 Å². The molecule has 124 valence electrons. The third-order valence-corrected chi connectivity index (χ3v) is 3.19. The van der Waals surface area contributed by atoms with Crippen LogP contribution in [0.3, 0.4) is 0 Å². The number of benzene rings is 1. The van der Waals surface area contributed by atoms with E-state index in [0.29, 0.717) is 18.8 Å². The second kappa shape index (κ2) is 8.57. The van der Waals surface area contributed by atoms with Crippen molar-refractivity contribution >= 4 is 17.9 Å². The minimum Gasteiger partial charge on any atom is -0.394 e. The molecule has 1 aromatic heterocycles. The van der Waals surface area contributed by atoms with Gasteiger partial charge in [-0.3, -0.25) is 9.79 Å². The molecule has 1 aromatic carbocycles. The number of pyridine rings is 1. The van der Waals surface area contributed by atoms with Gasteiger partial charge in [0, 0.05) is 19.0 Å². The first-order chi connectivity index (χ1) is 11.6. The predicted molar refractivity (Wildman–Crippen MR) is 93.4 cm³/mol. The Kier molecular flexibility index (Phi) is 6.19. The van der Waals surface area contributed by atoms with Crippen molar-refractivity contribution in [1.82, 2.24) is 4.98 Å². The van der Waals surface area contributed by atoms with Crippen molar-refractivity contribution in [3.8, 4) is 0 Å². The smallest absolute Gasteiger partial charge is 0.272 e. The topological polar surface area (TPSA) is 80.4 Å². The van der Waals surface area contributed by atoms with E-state index in [1.165, 1.54) is 24.4 Å². The van der Waals surface area contributed by atoms with Gasteiger partial charge in [-0.25, -0.2) is 9.37 Å². The van der Waals surface area contributed by atoms with Crippen LogP contribution in [0, 0.1) is 5.82 Å². The highest BCUT2D eigenvalue weighted by atomic mass is 19.1. The van der Waals surface area contributed by atoms with E-state index >= 15 is 0 Å². The number of allylic oxidation sites excluding steroid dienone is 1. The molecule has 0 aliphatic heterocycles. The number of nitrogens with zero attached hydrogens (tertiary/aromatic N) is 2. The van der Waals surface area contributed by atoms with Gasteiger partial charge in [0.1, 0.15) is 11.6 Å². The molecule has 2 rings (SSSR count). The Labute approximate surface area is 140 Å². The third-order valence-electron chi connectivity index (χ3n) is 3.19. The minimum atomic E-state index is -0.434. The van der Waals surface area contributed by atoms with E-state index in [4.69, 9.17) is 5.73 Å². The van der Waals surface area contributed by atoms with Crippen molar-refractivity contribution in [2.75, 3.05) is 11.9 Å². The van der Waals surface area contributed by atoms with Crippen molar-refractivity contribution in [2.24, 2.45) is 10.7 Å². The number of hydrogen-bond acceptors (Lipinski definition) is 4. The maximum Gasteiger partial charge on any atom is 0.272 e. The van der Waals surface area contributed by atoms with E-state index in [1.807, 2.05) is 13.0 Å². The van der Waals surface area contributed by atoms with Gasteiger partial charge in [-0.2, -0.15) is 0 Å². The largest absolute Gasteiger partial charge is 0.394 e. The lowest BCUT2D eigenvalue weighted by molar-refractivity contribution is -0.112. The number of nitrogens with two attached hydrogens (primary N) is 1. The summed E-state index contributed by atoms with van der Waals surface area (Å²) in [6, 6.07) is 9.86. The second-order valence-electron chi connectivity index (χ2n) is 5.08. The van der Waals surface area contributed by atoms with E-state index in [-0.39, 0.29) is 11.5 Å². The van der Waals surface area contributed by atoms with E-state index in [2.05, 4.69) is 15.3 Å². The fourth-order valence-electron chi connectivity index (χ4n) is 1.94. The number of carbonyl (C=O) groups excluding carboxylic acids is 1. The number of carbonyl (C=O) groups is 1. The second-order valence-corrected chi connectivity index (χ2v) is 5.08. The molecule has 1 heterocycles. The van der Waals surface area contributed by atoms with Crippen LogP contribution in [0.25, 0.3) is 0 Å². The molecule has 0 saturated carbocycles. The summed E-state index contributed by atoms with van der Waals surface area (Å²) in [4.78, 5) is 20.0. The van der Waals surface area contributed by atoms with Gasteiger partial charge in [0.15, 0.2) is 0 Å². The summed E-state index contributed by atoms with van der Waals surface area (Å²) in [6.45, 7) is 2.51. The number of aromatic nitrogens is 1. The van der Waals surface area contributed by atoms with Gasteiger partial charge in [0.05, 0.1) is 5.70 Å². The summed E-state index contributed by atoms with van der Waals surface area (Å²) in [5.74, 6) is -0.285. The van der Waals surface area contributed by atoms with E-state index < -0.39 is 5.91 Å². The van der Waals surface area contributed by atoms with Crippen molar-refractivity contribution in [1.29, 1.82) is 0 Å². The molecule has 5 nitrogen and oxygen atoms in total. The molecule has 3 N–H and O–H groups in total. The average molecular weight is 326 g/mol. The first-order valence-corrected chi connectivity index (χ1v) is 7.54. The van der Waals surface area contributed by atoms with E-state index in [0.717, 1.165) is 11.1 Å². The molecule has 0 saturated heterocycles. The maximum absolute atomic E-state index is 12.9. The van der Waals surface area contributed by atoms with Crippen molar-refractivity contribution < 1.29 is 9.18 Å². The lowest BCUT2D eigenvalue weighted by atomic mass is 10.1. The Morgan fingerprint density at radius 3 is 2.58 bits per heavy atom. The average Bonchev–Trinajstić information content (AvgIpc) is 2.58. The molecule has 0 radical (unpaired) electrons. The molecular formula is C18H19FN4O. The Morgan fingerprint density at radius 2 is 1.96 bits per heavy atom. The fourth-order valence-corrected chi connectivity index (χ4v) is 1.94. The van der Waals surface area contributed by atoms with E-state index in [1.54, 1.807) is 24.4 Å². The van der Waals surface area contributed by atoms with Crippen LogP contribution in [0.4, 0.5) is 10.2 Å². The van der Waals surface area contributed by atoms with Gasteiger partial charge in [0.25, 0.3) is 5.91 Å². The Bertz CT molecular complexity index is 737. The molecule has 2 aromatic rings. The van der Waals surface area contributed by atoms with Gasteiger partial charge in [-0.15, -0.1) is 0 Å². The lowest BCUT2D eigenvalue weighted by Crippen LogP contribution is -2.20. The van der Waals surface area contributed by atoms with Crippen LogP contribution >= 0.6 is 0 Å². The fraction of sp³-hybridized carbons (Fsp3) is 0.167. The predicted octanol–water partition coefficient (Wildman–Crippen LogP) is 2.68. The number of amides is 1. The quantitative estimate of drug-likeness (QED) is 0.632. The van der Waals surface area contributed by atoms with Crippen LogP contribution in [0.2, 0.25) is 0 Å². The van der Waals surface area contributed by atoms with Gasteiger partial charge in [-0.05, 0) is 48.7 Å². The van der Waals surface area contributed by atoms with Gasteiger partial charge < -0.3 is 11.1 Å². The molecule has 6 heteroatoms. The summed E-state index contributed by atoms with van der Waals surface area (Å²) in [5, 5.41) is 2.61. The van der Waals surface area contributed by atoms with Crippen LogP contribution in [-0.4, -0.2) is 23.7 Å². The molecule has 1 amide bonds.